The van der Waals surface area contributed by atoms with Crippen LogP contribution in [0.2, 0.25) is 0 Å². The zero-order valence-electron chi connectivity index (χ0n) is 11.7. The highest BCUT2D eigenvalue weighted by atomic mass is 16.3. The molecule has 3 rings (SSSR count). The van der Waals surface area contributed by atoms with Gasteiger partial charge in [-0.15, -0.1) is 0 Å². The van der Waals surface area contributed by atoms with Gasteiger partial charge in [0.25, 0.3) is 5.91 Å². The molecule has 4 heteroatoms. The molecule has 20 heavy (non-hydrogen) atoms. The number of hydrogen-bond acceptors (Lipinski definition) is 3. The van der Waals surface area contributed by atoms with Crippen molar-refractivity contribution in [3.8, 4) is 0 Å². The van der Waals surface area contributed by atoms with Gasteiger partial charge in [-0.25, -0.2) is 0 Å². The van der Waals surface area contributed by atoms with Crippen molar-refractivity contribution in [2.24, 2.45) is 0 Å². The number of benzene rings is 1. The van der Waals surface area contributed by atoms with Crippen molar-refractivity contribution in [2.45, 2.75) is 20.8 Å². The predicted octanol–water partition coefficient (Wildman–Crippen LogP) is 3.43. The first-order valence-corrected chi connectivity index (χ1v) is 6.46. The van der Waals surface area contributed by atoms with Gasteiger partial charge in [-0.05, 0) is 45.0 Å². The first-order valence-electron chi connectivity index (χ1n) is 6.46. The van der Waals surface area contributed by atoms with Crippen LogP contribution >= 0.6 is 0 Å². The topological polar surface area (TPSA) is 61.2 Å². The molecule has 0 spiro atoms. The lowest BCUT2D eigenvalue weighted by molar-refractivity contribution is 0.0961. The van der Waals surface area contributed by atoms with Gasteiger partial charge in [0, 0.05) is 22.3 Å². The molecule has 0 bridgehead atoms. The molecular weight excluding hydrogens is 252 g/mol. The second-order valence-corrected chi connectivity index (χ2v) is 5.09. The Bertz CT molecular complexity index is 805. The van der Waals surface area contributed by atoms with E-state index >= 15 is 0 Å². The van der Waals surface area contributed by atoms with Gasteiger partial charge in [0.2, 0.25) is 0 Å². The molecule has 0 saturated carbocycles. The maximum atomic E-state index is 12.8. The van der Waals surface area contributed by atoms with E-state index in [9.17, 15) is 4.79 Å². The molecule has 3 aromatic rings. The fourth-order valence-electron chi connectivity index (χ4n) is 2.64. The second kappa shape index (κ2) is 4.27. The Kier molecular flexibility index (Phi) is 2.67. The Morgan fingerprint density at radius 3 is 2.60 bits per heavy atom. The summed E-state index contributed by atoms with van der Waals surface area (Å²) in [4.78, 5) is 12.8. The Morgan fingerprint density at radius 1 is 1.20 bits per heavy atom. The van der Waals surface area contributed by atoms with Gasteiger partial charge in [-0.3, -0.25) is 9.36 Å². The summed E-state index contributed by atoms with van der Waals surface area (Å²) in [6, 6.07) is 7.52. The first-order chi connectivity index (χ1) is 9.49. The maximum Gasteiger partial charge on any atom is 0.266 e. The SMILES string of the molecule is Cc1coc(C)c1C(=O)n1c(C)cc2cc(N)ccc21. The molecule has 0 saturated heterocycles. The fraction of sp³-hybridized carbons (Fsp3) is 0.188. The highest BCUT2D eigenvalue weighted by Crippen LogP contribution is 2.25. The van der Waals surface area contributed by atoms with E-state index in [4.69, 9.17) is 10.2 Å². The van der Waals surface area contributed by atoms with Crippen LogP contribution in [0.1, 0.15) is 27.4 Å². The Balaban J connectivity index is 2.25. The van der Waals surface area contributed by atoms with E-state index in [1.54, 1.807) is 23.8 Å². The summed E-state index contributed by atoms with van der Waals surface area (Å²) in [6.45, 7) is 5.60. The molecule has 0 amide bonds. The van der Waals surface area contributed by atoms with Crippen molar-refractivity contribution in [2.75, 3.05) is 5.73 Å². The van der Waals surface area contributed by atoms with Crippen LogP contribution in [-0.2, 0) is 0 Å². The second-order valence-electron chi connectivity index (χ2n) is 5.09. The highest BCUT2D eigenvalue weighted by Gasteiger charge is 2.20. The van der Waals surface area contributed by atoms with Crippen LogP contribution < -0.4 is 5.73 Å². The van der Waals surface area contributed by atoms with Crippen LogP contribution in [0.5, 0.6) is 0 Å². The van der Waals surface area contributed by atoms with Crippen molar-refractivity contribution in [1.82, 2.24) is 4.57 Å². The molecule has 0 aliphatic rings. The molecule has 0 fully saturated rings. The number of aryl methyl sites for hydroxylation is 3. The normalized spacial score (nSPS) is 11.2. The number of carbonyl (C=O) groups excluding carboxylic acids is 1. The largest absolute Gasteiger partial charge is 0.469 e. The van der Waals surface area contributed by atoms with Crippen LogP contribution in [0.4, 0.5) is 5.69 Å². The van der Waals surface area contributed by atoms with Crippen LogP contribution in [0.3, 0.4) is 0 Å². The van der Waals surface area contributed by atoms with Crippen molar-refractivity contribution in [3.63, 3.8) is 0 Å². The minimum Gasteiger partial charge on any atom is -0.469 e. The summed E-state index contributed by atoms with van der Waals surface area (Å²) in [5.41, 5.74) is 9.71. The van der Waals surface area contributed by atoms with Crippen molar-refractivity contribution >= 4 is 22.5 Å². The van der Waals surface area contributed by atoms with E-state index in [0.29, 0.717) is 17.0 Å². The van der Waals surface area contributed by atoms with Crippen molar-refractivity contribution < 1.29 is 9.21 Å². The summed E-state index contributed by atoms with van der Waals surface area (Å²) in [6.07, 6.45) is 1.61. The van der Waals surface area contributed by atoms with Gasteiger partial charge >= 0.3 is 0 Å². The number of furan rings is 1. The molecular formula is C16H16N2O2. The molecule has 102 valence electrons. The Labute approximate surface area is 116 Å². The lowest BCUT2D eigenvalue weighted by Crippen LogP contribution is -2.14. The number of fused-ring (bicyclic) bond motifs is 1. The smallest absolute Gasteiger partial charge is 0.266 e. The van der Waals surface area contributed by atoms with E-state index in [0.717, 1.165) is 22.2 Å². The summed E-state index contributed by atoms with van der Waals surface area (Å²) >= 11 is 0. The quantitative estimate of drug-likeness (QED) is 0.688. The Hall–Kier alpha value is -2.49. The monoisotopic (exact) mass is 268 g/mol. The number of nitrogen functional groups attached to an aromatic ring is 1. The number of hydrogen-bond donors (Lipinski definition) is 1. The molecule has 2 heterocycles. The van der Waals surface area contributed by atoms with E-state index in [1.807, 2.05) is 32.0 Å². The van der Waals surface area contributed by atoms with Crippen molar-refractivity contribution in [3.05, 3.63) is 53.1 Å². The fourth-order valence-corrected chi connectivity index (χ4v) is 2.64. The van der Waals surface area contributed by atoms with Gasteiger partial charge < -0.3 is 10.2 Å². The van der Waals surface area contributed by atoms with E-state index < -0.39 is 0 Å². The van der Waals surface area contributed by atoms with Gasteiger partial charge in [0.1, 0.15) is 5.76 Å². The molecule has 0 unspecified atom stereocenters. The van der Waals surface area contributed by atoms with Crippen LogP contribution in [0.15, 0.2) is 34.9 Å². The first kappa shape index (κ1) is 12.5. The van der Waals surface area contributed by atoms with Crippen LogP contribution in [0, 0.1) is 20.8 Å². The molecule has 4 nitrogen and oxygen atoms in total. The van der Waals surface area contributed by atoms with Crippen LogP contribution in [0.25, 0.3) is 10.9 Å². The van der Waals surface area contributed by atoms with Gasteiger partial charge in [-0.2, -0.15) is 0 Å². The van der Waals surface area contributed by atoms with Gasteiger partial charge in [0.05, 0.1) is 17.3 Å². The number of anilines is 1. The predicted molar refractivity (Wildman–Crippen MR) is 79.0 cm³/mol. The highest BCUT2D eigenvalue weighted by molar-refractivity contribution is 6.04. The average Bonchev–Trinajstić information content (AvgIpc) is 2.88. The van der Waals surface area contributed by atoms with E-state index in [-0.39, 0.29) is 5.91 Å². The molecule has 0 aliphatic heterocycles. The molecule has 2 aromatic heterocycles. The van der Waals surface area contributed by atoms with Crippen LogP contribution in [-0.4, -0.2) is 10.5 Å². The number of carbonyl (C=O) groups is 1. The average molecular weight is 268 g/mol. The molecule has 1 aromatic carbocycles. The number of nitrogens with two attached hydrogens (primary N) is 1. The third-order valence-electron chi connectivity index (χ3n) is 3.59. The maximum absolute atomic E-state index is 12.8. The molecule has 0 atom stereocenters. The zero-order chi connectivity index (χ0) is 14.4. The summed E-state index contributed by atoms with van der Waals surface area (Å²) in [7, 11) is 0. The Morgan fingerprint density at radius 2 is 1.95 bits per heavy atom. The van der Waals surface area contributed by atoms with Gasteiger partial charge in [-0.1, -0.05) is 0 Å². The summed E-state index contributed by atoms with van der Waals surface area (Å²) in [5, 5.41) is 0.967. The van der Waals surface area contributed by atoms with Gasteiger partial charge in [0.15, 0.2) is 0 Å². The lowest BCUT2D eigenvalue weighted by Gasteiger charge is -2.07. The summed E-state index contributed by atoms with van der Waals surface area (Å²) < 4.78 is 7.04. The number of rotatable bonds is 1. The minimum atomic E-state index is -0.0639. The van der Waals surface area contributed by atoms with Crippen molar-refractivity contribution in [1.29, 1.82) is 0 Å². The number of nitrogens with zero attached hydrogens (tertiary/aromatic N) is 1. The van der Waals surface area contributed by atoms with E-state index in [2.05, 4.69) is 0 Å². The standard InChI is InChI=1S/C16H16N2O2/c1-9-8-20-11(3)15(9)16(19)18-10(2)6-12-7-13(17)4-5-14(12)18/h4-8H,17H2,1-3H3. The zero-order valence-corrected chi connectivity index (χ0v) is 11.7. The molecule has 0 radical (unpaired) electrons. The van der Waals surface area contributed by atoms with E-state index in [1.165, 1.54) is 0 Å². The summed E-state index contributed by atoms with van der Waals surface area (Å²) in [5.74, 6) is 0.579. The molecule has 2 N–H and O–H groups in total. The number of aromatic nitrogens is 1. The molecule has 0 aliphatic carbocycles. The third kappa shape index (κ3) is 1.72. The lowest BCUT2D eigenvalue weighted by atomic mass is 10.1. The third-order valence-corrected chi connectivity index (χ3v) is 3.59. The minimum absolute atomic E-state index is 0.0639.